The number of aromatic nitrogens is 3. The van der Waals surface area contributed by atoms with Crippen LogP contribution in [0.15, 0.2) is 24.5 Å². The zero-order valence-electron chi connectivity index (χ0n) is 7.03. The molecule has 0 aliphatic rings. The summed E-state index contributed by atoms with van der Waals surface area (Å²) in [6.45, 7) is 0. The Balaban J connectivity index is 2.49. The summed E-state index contributed by atoms with van der Waals surface area (Å²) >= 11 is 0. The molecular weight excluding hydrogens is 183 g/mol. The normalized spacial score (nSPS) is 9.71. The second-order valence-corrected chi connectivity index (χ2v) is 2.63. The Kier molecular flexibility index (Phi) is 1.95. The highest BCUT2D eigenvalue weighted by Gasteiger charge is 2.06. The minimum Gasteiger partial charge on any atom is -0.265 e. The maximum absolute atomic E-state index is 13.2. The lowest BCUT2D eigenvalue weighted by Crippen LogP contribution is -1.86. The third-order valence-electron chi connectivity index (χ3n) is 1.76. The number of nitrogens with zero attached hydrogens (tertiary/aromatic N) is 3. The highest BCUT2D eigenvalue weighted by Crippen LogP contribution is 2.17. The zero-order chi connectivity index (χ0) is 9.97. The van der Waals surface area contributed by atoms with E-state index in [1.807, 2.05) is 0 Å². The molecule has 0 atom stereocenters. The van der Waals surface area contributed by atoms with Crippen molar-refractivity contribution in [3.8, 4) is 17.5 Å². The Labute approximate surface area is 79.0 Å². The van der Waals surface area contributed by atoms with E-state index in [9.17, 15) is 4.39 Å². The minimum atomic E-state index is -0.560. The van der Waals surface area contributed by atoms with Crippen molar-refractivity contribution in [3.63, 3.8) is 0 Å². The summed E-state index contributed by atoms with van der Waals surface area (Å²) in [4.78, 5) is 3.87. The molecule has 1 aromatic carbocycles. The molecule has 1 aromatic heterocycles. The molecule has 0 spiro atoms. The Morgan fingerprint density at radius 3 is 2.86 bits per heavy atom. The van der Waals surface area contributed by atoms with Crippen LogP contribution < -0.4 is 0 Å². The molecule has 4 nitrogen and oxygen atoms in total. The number of benzene rings is 1. The number of hydrogen-bond donors (Lipinski definition) is 1. The summed E-state index contributed by atoms with van der Waals surface area (Å²) < 4.78 is 13.2. The Morgan fingerprint density at radius 2 is 2.29 bits per heavy atom. The van der Waals surface area contributed by atoms with Crippen molar-refractivity contribution in [3.05, 3.63) is 35.9 Å². The van der Waals surface area contributed by atoms with E-state index in [0.29, 0.717) is 11.4 Å². The molecule has 2 rings (SSSR count). The molecule has 0 aliphatic heterocycles. The zero-order valence-corrected chi connectivity index (χ0v) is 7.03. The van der Waals surface area contributed by atoms with E-state index in [4.69, 9.17) is 5.26 Å². The molecule has 2 aromatic rings. The summed E-state index contributed by atoms with van der Waals surface area (Å²) in [6.07, 6.45) is 1.41. The number of nitriles is 1. The van der Waals surface area contributed by atoms with Crippen molar-refractivity contribution in [2.75, 3.05) is 0 Å². The first-order valence-electron chi connectivity index (χ1n) is 3.87. The minimum absolute atomic E-state index is 0.0179. The van der Waals surface area contributed by atoms with E-state index in [1.165, 1.54) is 18.5 Å². The Morgan fingerprint density at radius 1 is 1.43 bits per heavy atom. The number of aromatic amines is 1. The monoisotopic (exact) mass is 188 g/mol. The smallest absolute Gasteiger partial charge is 0.180 e. The predicted octanol–water partition coefficient (Wildman–Crippen LogP) is 1.48. The van der Waals surface area contributed by atoms with Gasteiger partial charge in [0.25, 0.3) is 0 Å². The lowest BCUT2D eigenvalue weighted by Gasteiger charge is -1.96. The van der Waals surface area contributed by atoms with Gasteiger partial charge in [-0.05, 0) is 18.2 Å². The van der Waals surface area contributed by atoms with Crippen LogP contribution in [0.5, 0.6) is 0 Å². The molecule has 0 radical (unpaired) electrons. The third-order valence-corrected chi connectivity index (χ3v) is 1.76. The van der Waals surface area contributed by atoms with Crippen molar-refractivity contribution in [1.29, 1.82) is 5.26 Å². The van der Waals surface area contributed by atoms with Crippen LogP contribution in [0.3, 0.4) is 0 Å². The first-order valence-corrected chi connectivity index (χ1v) is 3.87. The van der Waals surface area contributed by atoms with Gasteiger partial charge < -0.3 is 0 Å². The van der Waals surface area contributed by atoms with Crippen molar-refractivity contribution in [1.82, 2.24) is 15.2 Å². The van der Waals surface area contributed by atoms with Crippen LogP contribution in [0.2, 0.25) is 0 Å². The highest BCUT2D eigenvalue weighted by molar-refractivity contribution is 5.56. The summed E-state index contributed by atoms with van der Waals surface area (Å²) in [5.74, 6) is -0.150. The first-order chi connectivity index (χ1) is 6.81. The second kappa shape index (κ2) is 3.26. The molecule has 0 fully saturated rings. The highest BCUT2D eigenvalue weighted by atomic mass is 19.1. The SMILES string of the molecule is N#Cc1ccc(-c2nc[nH]n2)cc1F. The molecule has 1 heterocycles. The summed E-state index contributed by atoms with van der Waals surface area (Å²) in [7, 11) is 0. The van der Waals surface area contributed by atoms with Crippen LogP contribution in [0.1, 0.15) is 5.56 Å². The topological polar surface area (TPSA) is 65.4 Å². The lowest BCUT2D eigenvalue weighted by atomic mass is 10.1. The van der Waals surface area contributed by atoms with Gasteiger partial charge in [-0.25, -0.2) is 9.37 Å². The van der Waals surface area contributed by atoms with Gasteiger partial charge in [-0.2, -0.15) is 10.4 Å². The van der Waals surface area contributed by atoms with Crippen LogP contribution in [0, 0.1) is 17.1 Å². The number of H-pyrrole nitrogens is 1. The summed E-state index contributed by atoms with van der Waals surface area (Å²) in [5.41, 5.74) is 0.562. The maximum Gasteiger partial charge on any atom is 0.180 e. The molecule has 68 valence electrons. The van der Waals surface area contributed by atoms with Gasteiger partial charge in [-0.3, -0.25) is 5.10 Å². The van der Waals surface area contributed by atoms with Gasteiger partial charge in [0.2, 0.25) is 0 Å². The molecule has 0 amide bonds. The molecule has 0 bridgehead atoms. The Hall–Kier alpha value is -2.22. The quantitative estimate of drug-likeness (QED) is 0.737. The maximum atomic E-state index is 13.2. The molecule has 0 saturated carbocycles. The fraction of sp³-hybridized carbons (Fsp3) is 0. The van der Waals surface area contributed by atoms with E-state index in [-0.39, 0.29) is 5.56 Å². The standard InChI is InChI=1S/C9H5FN4/c10-8-3-6(1-2-7(8)4-11)9-12-5-13-14-9/h1-3,5H,(H,12,13,14). The van der Waals surface area contributed by atoms with E-state index >= 15 is 0 Å². The first kappa shape index (κ1) is 8.38. The molecule has 0 aliphatic carbocycles. The number of rotatable bonds is 1. The van der Waals surface area contributed by atoms with Crippen LogP contribution >= 0.6 is 0 Å². The second-order valence-electron chi connectivity index (χ2n) is 2.63. The van der Waals surface area contributed by atoms with Gasteiger partial charge in [0.05, 0.1) is 5.56 Å². The molecule has 5 heteroatoms. The summed E-state index contributed by atoms with van der Waals surface area (Å²) in [5, 5.41) is 14.8. The number of nitrogens with one attached hydrogen (secondary N) is 1. The van der Waals surface area contributed by atoms with Gasteiger partial charge in [0.15, 0.2) is 5.82 Å². The average Bonchev–Trinajstić information content (AvgIpc) is 2.70. The van der Waals surface area contributed by atoms with E-state index in [1.54, 1.807) is 12.1 Å². The van der Waals surface area contributed by atoms with Crippen LogP contribution in [0.4, 0.5) is 4.39 Å². The summed E-state index contributed by atoms with van der Waals surface area (Å²) in [6, 6.07) is 5.99. The van der Waals surface area contributed by atoms with E-state index in [0.717, 1.165) is 0 Å². The van der Waals surface area contributed by atoms with E-state index < -0.39 is 5.82 Å². The fourth-order valence-electron chi connectivity index (χ4n) is 1.09. The van der Waals surface area contributed by atoms with Crippen LogP contribution in [0.25, 0.3) is 11.4 Å². The van der Waals surface area contributed by atoms with Gasteiger partial charge in [-0.1, -0.05) is 0 Å². The van der Waals surface area contributed by atoms with Crippen LogP contribution in [-0.2, 0) is 0 Å². The molecular formula is C9H5FN4. The fourth-order valence-corrected chi connectivity index (χ4v) is 1.09. The van der Waals surface area contributed by atoms with Crippen molar-refractivity contribution in [2.24, 2.45) is 0 Å². The van der Waals surface area contributed by atoms with Crippen LogP contribution in [-0.4, -0.2) is 15.2 Å². The van der Waals surface area contributed by atoms with E-state index in [2.05, 4.69) is 15.2 Å². The van der Waals surface area contributed by atoms with Gasteiger partial charge in [0.1, 0.15) is 18.2 Å². The lowest BCUT2D eigenvalue weighted by molar-refractivity contribution is 0.624. The average molecular weight is 188 g/mol. The largest absolute Gasteiger partial charge is 0.265 e. The van der Waals surface area contributed by atoms with Gasteiger partial charge in [0, 0.05) is 5.56 Å². The number of halogens is 1. The Bertz CT molecular complexity index is 484. The molecule has 1 N–H and O–H groups in total. The van der Waals surface area contributed by atoms with Gasteiger partial charge >= 0.3 is 0 Å². The molecule has 14 heavy (non-hydrogen) atoms. The number of hydrogen-bond acceptors (Lipinski definition) is 3. The van der Waals surface area contributed by atoms with Crippen molar-refractivity contribution in [2.45, 2.75) is 0 Å². The predicted molar refractivity (Wildman–Crippen MR) is 46.5 cm³/mol. The van der Waals surface area contributed by atoms with Crippen molar-refractivity contribution >= 4 is 0 Å². The molecule has 0 unspecified atom stereocenters. The third kappa shape index (κ3) is 1.33. The van der Waals surface area contributed by atoms with Gasteiger partial charge in [-0.15, -0.1) is 0 Å². The molecule has 0 saturated heterocycles. The van der Waals surface area contributed by atoms with Crippen molar-refractivity contribution < 1.29 is 4.39 Å².